The van der Waals surface area contributed by atoms with Crippen LogP contribution >= 0.6 is 0 Å². The fraction of sp³-hybridized carbons (Fsp3) is 0.710. The predicted molar refractivity (Wildman–Crippen MR) is 337 cm³/mol. The van der Waals surface area contributed by atoms with Gasteiger partial charge in [0.15, 0.2) is 5.79 Å². The SMILES string of the molecule is CC[C@H](C)[C@H](NC(=O)[C@@H](NC(=O)[C@H](Cc1ccccc1)NC(=O)OC(C)(C)C)C(C)C)C(=O)N[C@@H](CCCCNC(=O)OCc1ccccc1)C(=O)NCc1cn([C@@H]2CC[C@]3(C)[C@H]4CC[C@]5(C)[C@@H]6[C@H](C[C@H]5[C@@H]4C[C@@H](O)[C@@]3(O)C2)O[C@]2(CC[C@@H](C)CO2)[C@H]6C)nn1. The molecule has 90 heavy (non-hydrogen) atoms. The summed E-state index contributed by atoms with van der Waals surface area (Å²) in [6, 6.07) is 13.7. The first kappa shape index (κ1) is 68.2. The van der Waals surface area contributed by atoms with E-state index in [2.05, 4.69) is 69.9 Å². The molecule has 21 nitrogen and oxygen atoms in total. The van der Waals surface area contributed by atoms with Gasteiger partial charge in [0.05, 0.1) is 43.2 Å². The second-order valence-corrected chi connectivity index (χ2v) is 29.3. The Morgan fingerprint density at radius 1 is 0.778 bits per heavy atom. The summed E-state index contributed by atoms with van der Waals surface area (Å²) in [4.78, 5) is 83.1. The van der Waals surface area contributed by atoms with E-state index >= 15 is 0 Å². The number of aliphatic hydroxyl groups is 2. The number of aliphatic hydroxyl groups excluding tert-OH is 1. The minimum atomic E-state index is -1.36. The van der Waals surface area contributed by atoms with Crippen LogP contribution in [0.1, 0.15) is 182 Å². The number of carbonyl (C=O) groups is 6. The Balaban J connectivity index is 0.840. The van der Waals surface area contributed by atoms with Crippen LogP contribution < -0.4 is 31.9 Å². The number of hydrogen-bond donors (Lipinski definition) is 8. The number of alkyl carbamates (subject to hydrolysis) is 2. The number of nitrogens with zero attached hydrogens (tertiary/aromatic N) is 3. The van der Waals surface area contributed by atoms with E-state index in [1.54, 1.807) is 45.5 Å². The lowest BCUT2D eigenvalue weighted by Gasteiger charge is -2.65. The minimum Gasteiger partial charge on any atom is -0.445 e. The molecule has 496 valence electrons. The molecule has 3 heterocycles. The highest BCUT2D eigenvalue weighted by Crippen LogP contribution is 2.72. The van der Waals surface area contributed by atoms with Crippen LogP contribution in [0.4, 0.5) is 9.59 Å². The molecule has 0 bridgehead atoms. The Kier molecular flexibility index (Phi) is 21.5. The number of carbonyl (C=O) groups excluding carboxylic acids is 6. The van der Waals surface area contributed by atoms with E-state index in [9.17, 15) is 39.0 Å². The Labute approximate surface area is 532 Å². The fourth-order valence-electron chi connectivity index (χ4n) is 16.6. The van der Waals surface area contributed by atoms with Crippen molar-refractivity contribution in [1.29, 1.82) is 0 Å². The molecule has 2 aliphatic heterocycles. The molecule has 3 aromatic rings. The summed E-state index contributed by atoms with van der Waals surface area (Å²) in [6.45, 7) is 22.7. The smallest absolute Gasteiger partial charge is 0.408 e. The van der Waals surface area contributed by atoms with Gasteiger partial charge in [-0.3, -0.25) is 19.2 Å². The molecule has 1 spiro atoms. The summed E-state index contributed by atoms with van der Waals surface area (Å²) < 4.78 is 26.2. The van der Waals surface area contributed by atoms with Gasteiger partial charge in [0.25, 0.3) is 0 Å². The molecule has 18 atom stereocenters. The first-order valence-electron chi connectivity index (χ1n) is 33.5. The molecule has 4 saturated carbocycles. The molecule has 4 aliphatic carbocycles. The van der Waals surface area contributed by atoms with Gasteiger partial charge in [-0.15, -0.1) is 5.10 Å². The van der Waals surface area contributed by atoms with Crippen LogP contribution in [0.5, 0.6) is 0 Å². The van der Waals surface area contributed by atoms with Crippen LogP contribution in [0.25, 0.3) is 0 Å². The minimum absolute atomic E-state index is 0.0344. The maximum absolute atomic E-state index is 14.6. The maximum Gasteiger partial charge on any atom is 0.408 e. The highest BCUT2D eigenvalue weighted by molar-refractivity contribution is 5.95. The van der Waals surface area contributed by atoms with Crippen molar-refractivity contribution in [3.63, 3.8) is 0 Å². The molecule has 9 rings (SSSR count). The lowest BCUT2D eigenvalue weighted by Crippen LogP contribution is -2.68. The summed E-state index contributed by atoms with van der Waals surface area (Å²) in [5.41, 5.74) is -0.578. The molecule has 0 radical (unpaired) electrons. The van der Waals surface area contributed by atoms with Crippen molar-refractivity contribution in [1.82, 2.24) is 46.9 Å². The first-order valence-corrected chi connectivity index (χ1v) is 33.5. The summed E-state index contributed by atoms with van der Waals surface area (Å²) in [5, 5.41) is 51.2. The normalized spacial score (nSPS) is 31.9. The highest BCUT2D eigenvalue weighted by Gasteiger charge is 2.72. The van der Waals surface area contributed by atoms with E-state index < -0.39 is 100 Å². The Morgan fingerprint density at radius 2 is 1.47 bits per heavy atom. The average molecular weight is 1250 g/mol. The largest absolute Gasteiger partial charge is 0.445 e. The zero-order chi connectivity index (χ0) is 64.9. The van der Waals surface area contributed by atoms with E-state index in [1.165, 1.54) is 0 Å². The molecule has 8 N–H and O–H groups in total. The molecular weight excluding hydrogens is 1150 g/mol. The van der Waals surface area contributed by atoms with Crippen LogP contribution in [-0.2, 0) is 57.7 Å². The number of unbranched alkanes of at least 4 members (excludes halogenated alkanes) is 1. The van der Waals surface area contributed by atoms with Crippen molar-refractivity contribution in [3.8, 4) is 0 Å². The number of benzene rings is 2. The molecular formula is C69H103N9O12. The van der Waals surface area contributed by atoms with E-state index in [4.69, 9.17) is 18.9 Å². The van der Waals surface area contributed by atoms with Crippen LogP contribution in [0.2, 0.25) is 0 Å². The summed E-state index contributed by atoms with van der Waals surface area (Å²) in [5.74, 6) is -1.64. The lowest BCUT2D eigenvalue weighted by molar-refractivity contribution is -0.278. The summed E-state index contributed by atoms with van der Waals surface area (Å²) in [6.07, 6.45) is 8.51. The van der Waals surface area contributed by atoms with Gasteiger partial charge in [-0.05, 0) is 143 Å². The molecule has 0 unspecified atom stereocenters. The fourth-order valence-corrected chi connectivity index (χ4v) is 16.6. The quantitative estimate of drug-likeness (QED) is 0.0414. The van der Waals surface area contributed by atoms with E-state index in [1.807, 2.05) is 74.5 Å². The Morgan fingerprint density at radius 3 is 2.13 bits per heavy atom. The number of fused-ring (bicyclic) bond motifs is 7. The molecule has 6 aliphatic rings. The van der Waals surface area contributed by atoms with Crippen LogP contribution in [0.15, 0.2) is 66.9 Å². The molecule has 2 saturated heterocycles. The number of ether oxygens (including phenoxy) is 4. The summed E-state index contributed by atoms with van der Waals surface area (Å²) in [7, 11) is 0. The van der Waals surface area contributed by atoms with Crippen molar-refractivity contribution < 1.29 is 57.9 Å². The van der Waals surface area contributed by atoms with Gasteiger partial charge in [-0.25, -0.2) is 14.3 Å². The van der Waals surface area contributed by atoms with Gasteiger partial charge in [0.1, 0.15) is 42.1 Å². The van der Waals surface area contributed by atoms with Gasteiger partial charge in [-0.2, -0.15) is 0 Å². The third-order valence-electron chi connectivity index (χ3n) is 21.8. The maximum atomic E-state index is 14.6. The molecule has 21 heteroatoms. The van der Waals surface area contributed by atoms with E-state index in [-0.39, 0.29) is 67.9 Å². The summed E-state index contributed by atoms with van der Waals surface area (Å²) >= 11 is 0. The van der Waals surface area contributed by atoms with Crippen LogP contribution in [-0.4, -0.2) is 128 Å². The highest BCUT2D eigenvalue weighted by atomic mass is 16.7. The second kappa shape index (κ2) is 28.4. The third kappa shape index (κ3) is 15.0. The third-order valence-corrected chi connectivity index (χ3v) is 21.8. The van der Waals surface area contributed by atoms with Gasteiger partial charge < -0.3 is 61.1 Å². The second-order valence-electron chi connectivity index (χ2n) is 29.3. The van der Waals surface area contributed by atoms with E-state index in [0.29, 0.717) is 62.0 Å². The molecule has 6 fully saturated rings. The van der Waals surface area contributed by atoms with Gasteiger partial charge in [-0.1, -0.05) is 128 Å². The zero-order valence-electron chi connectivity index (χ0n) is 55.1. The molecule has 2 aromatic carbocycles. The topological polar surface area (TPSA) is 283 Å². The van der Waals surface area contributed by atoms with Crippen LogP contribution in [0.3, 0.4) is 0 Å². The molecule has 1 aromatic heterocycles. The van der Waals surface area contributed by atoms with Crippen molar-refractivity contribution in [2.75, 3.05) is 13.2 Å². The number of hydrogen-bond acceptors (Lipinski definition) is 14. The zero-order valence-corrected chi connectivity index (χ0v) is 55.1. The number of aromatic nitrogens is 3. The standard InChI is InChI=1S/C69H103N9O12/c1-12-43(5)58(75-61(82)57(41(2)3)74-60(81)53(33-45-21-15-13-16-22-45)73-64(85)90-65(7,8)9)62(83)72-52(25-19-20-32-70-63(84)87-40-46-23-17-14-18-24-46)59(80)71-37-47-38-78(77-76-47)48-27-30-67(11)50-28-29-66(10)51(49(50)34-55(79)68(67,86)36-48)35-54-56(66)44(6)69(89-54)31-26-42(4)39-88-69/h13-18,21-24,38,41-44,48-58,79,86H,12,19-20,25-37,39-40H2,1-11H3,(H,70,84)(H,71,80)(H,72,83)(H,73,85)(H,74,81)(H,75,82)/t42-,43+,44+,48-,49-,50+,51+,52+,53+,54+,55-,56+,57+,58+,66+,67-,68+,69-/m1/s1. The number of nitrogens with one attached hydrogen (secondary N) is 6. The first-order chi connectivity index (χ1) is 42.7. The Bertz CT molecular complexity index is 2950. The average Bonchev–Trinajstić information content (AvgIpc) is 1.30. The predicted octanol–water partition coefficient (Wildman–Crippen LogP) is 8.36. The van der Waals surface area contributed by atoms with E-state index in [0.717, 1.165) is 56.3 Å². The van der Waals surface area contributed by atoms with Gasteiger partial charge >= 0.3 is 12.2 Å². The lowest BCUT2D eigenvalue weighted by atomic mass is 9.42. The molecule has 6 amide bonds. The van der Waals surface area contributed by atoms with Crippen LogP contribution in [0, 0.1) is 58.2 Å². The van der Waals surface area contributed by atoms with Gasteiger partial charge in [0, 0.05) is 37.1 Å². The van der Waals surface area contributed by atoms with Crippen molar-refractivity contribution in [3.05, 3.63) is 83.7 Å². The van der Waals surface area contributed by atoms with Crippen molar-refractivity contribution in [2.45, 2.75) is 239 Å². The number of rotatable bonds is 23. The van der Waals surface area contributed by atoms with Crippen molar-refractivity contribution >= 4 is 35.8 Å². The monoisotopic (exact) mass is 1250 g/mol. The number of amides is 6. The van der Waals surface area contributed by atoms with Crippen molar-refractivity contribution in [2.24, 2.45) is 58.2 Å². The Hall–Kier alpha value is -6.16. The van der Waals surface area contributed by atoms with Gasteiger partial charge in [0.2, 0.25) is 23.6 Å².